The fourth-order valence-electron chi connectivity index (χ4n) is 1.31. The molecule has 0 aliphatic rings. The van der Waals surface area contributed by atoms with E-state index in [1.807, 2.05) is 30.3 Å². The van der Waals surface area contributed by atoms with Gasteiger partial charge in [-0.15, -0.1) is 11.6 Å². The first kappa shape index (κ1) is 10.9. The lowest BCUT2D eigenvalue weighted by Crippen LogP contribution is -2.09. The fraction of sp³-hybridized carbons (Fsp3) is 0.300. The first-order chi connectivity index (χ1) is 7.92. The molecule has 0 bridgehead atoms. The lowest BCUT2D eigenvalue weighted by atomic mass is 10.3. The summed E-state index contributed by atoms with van der Waals surface area (Å²) in [4.78, 5) is 0. The van der Waals surface area contributed by atoms with Crippen molar-refractivity contribution in [3.05, 3.63) is 30.3 Å². The van der Waals surface area contributed by atoms with Crippen molar-refractivity contribution in [2.45, 2.75) is 6.42 Å². The Hall–Kier alpha value is -1.62. The van der Waals surface area contributed by atoms with Crippen LogP contribution in [-0.4, -0.2) is 32.6 Å². The first-order valence-electron chi connectivity index (χ1n) is 5.05. The Morgan fingerprint density at radius 2 is 2.06 bits per heavy atom. The molecule has 0 fully saturated rings. The summed E-state index contributed by atoms with van der Waals surface area (Å²) in [7, 11) is 0. The number of alkyl halides is 1. The van der Waals surface area contributed by atoms with E-state index in [0.29, 0.717) is 11.8 Å². The normalized spacial score (nSPS) is 10.3. The molecule has 0 amide bonds. The van der Waals surface area contributed by atoms with Crippen molar-refractivity contribution < 1.29 is 0 Å². The number of nitrogens with zero attached hydrogens (tertiary/aromatic N) is 4. The van der Waals surface area contributed by atoms with Crippen LogP contribution in [0.3, 0.4) is 0 Å². The molecular weight excluding hydrogens is 226 g/mol. The molecule has 84 valence electrons. The maximum Gasteiger partial charge on any atom is 0.247 e. The van der Waals surface area contributed by atoms with Gasteiger partial charge in [0, 0.05) is 12.4 Å². The highest BCUT2D eigenvalue weighted by atomic mass is 35.5. The van der Waals surface area contributed by atoms with E-state index in [2.05, 4.69) is 20.8 Å². The molecule has 0 aliphatic heterocycles. The van der Waals surface area contributed by atoms with Crippen LogP contribution in [0.25, 0.3) is 5.69 Å². The molecule has 0 spiro atoms. The van der Waals surface area contributed by atoms with E-state index in [1.54, 1.807) is 4.68 Å². The Bertz CT molecular complexity index is 428. The number of halogens is 1. The third kappa shape index (κ3) is 2.49. The second-order valence-corrected chi connectivity index (χ2v) is 3.60. The van der Waals surface area contributed by atoms with Gasteiger partial charge in [-0.25, -0.2) is 0 Å². The third-order valence-corrected chi connectivity index (χ3v) is 2.33. The van der Waals surface area contributed by atoms with Gasteiger partial charge < -0.3 is 5.32 Å². The van der Waals surface area contributed by atoms with Gasteiger partial charge in [0.05, 0.1) is 5.69 Å². The molecule has 1 N–H and O–H groups in total. The van der Waals surface area contributed by atoms with E-state index >= 15 is 0 Å². The highest BCUT2D eigenvalue weighted by Gasteiger charge is 2.05. The van der Waals surface area contributed by atoms with Crippen molar-refractivity contribution in [3.8, 4) is 5.69 Å². The van der Waals surface area contributed by atoms with Crippen LogP contribution in [-0.2, 0) is 0 Å². The summed E-state index contributed by atoms with van der Waals surface area (Å²) in [6.45, 7) is 0.761. The highest BCUT2D eigenvalue weighted by molar-refractivity contribution is 6.17. The number of benzene rings is 1. The molecule has 2 rings (SSSR count). The van der Waals surface area contributed by atoms with Crippen LogP contribution >= 0.6 is 11.6 Å². The van der Waals surface area contributed by atoms with Crippen molar-refractivity contribution in [3.63, 3.8) is 0 Å². The van der Waals surface area contributed by atoms with Crippen LogP contribution in [0.15, 0.2) is 30.3 Å². The molecule has 1 heterocycles. The Morgan fingerprint density at radius 1 is 1.25 bits per heavy atom. The van der Waals surface area contributed by atoms with E-state index in [0.717, 1.165) is 18.7 Å². The Kier molecular flexibility index (Phi) is 3.71. The standard InChI is InChI=1S/C10H12ClN5/c11-7-4-8-12-10-13-14-15-16(10)9-5-2-1-3-6-9/h1-3,5-6H,4,7-8H2,(H,12,13,15). The molecule has 1 aromatic carbocycles. The molecule has 0 saturated heterocycles. The molecule has 6 heteroatoms. The molecule has 16 heavy (non-hydrogen) atoms. The minimum absolute atomic E-state index is 0.625. The number of para-hydroxylation sites is 1. The second kappa shape index (κ2) is 5.46. The predicted octanol–water partition coefficient (Wildman–Crippen LogP) is 1.70. The number of rotatable bonds is 5. The molecule has 5 nitrogen and oxygen atoms in total. The Balaban J connectivity index is 2.13. The zero-order chi connectivity index (χ0) is 11.2. The van der Waals surface area contributed by atoms with Crippen LogP contribution in [0.4, 0.5) is 5.95 Å². The molecule has 0 aliphatic carbocycles. The molecule has 2 aromatic rings. The van der Waals surface area contributed by atoms with Crippen LogP contribution in [0.1, 0.15) is 6.42 Å². The smallest absolute Gasteiger partial charge is 0.247 e. The second-order valence-electron chi connectivity index (χ2n) is 3.22. The van der Waals surface area contributed by atoms with Crippen LogP contribution in [0.2, 0.25) is 0 Å². The van der Waals surface area contributed by atoms with Gasteiger partial charge in [0.25, 0.3) is 0 Å². The summed E-state index contributed by atoms with van der Waals surface area (Å²) >= 11 is 5.60. The summed E-state index contributed by atoms with van der Waals surface area (Å²) in [5, 5.41) is 14.6. The lowest BCUT2D eigenvalue weighted by Gasteiger charge is -2.05. The van der Waals surface area contributed by atoms with Gasteiger partial charge in [0.15, 0.2) is 0 Å². The summed E-state index contributed by atoms with van der Waals surface area (Å²) < 4.78 is 1.66. The molecule has 0 atom stereocenters. The van der Waals surface area contributed by atoms with E-state index in [9.17, 15) is 0 Å². The van der Waals surface area contributed by atoms with Crippen LogP contribution in [0.5, 0.6) is 0 Å². The first-order valence-corrected chi connectivity index (χ1v) is 5.59. The lowest BCUT2D eigenvalue weighted by molar-refractivity contribution is 0.788. The van der Waals surface area contributed by atoms with Gasteiger partial charge in [-0.1, -0.05) is 23.3 Å². The minimum Gasteiger partial charge on any atom is -0.353 e. The Morgan fingerprint density at radius 3 is 2.81 bits per heavy atom. The van der Waals surface area contributed by atoms with Crippen molar-refractivity contribution in [2.24, 2.45) is 0 Å². The number of nitrogens with one attached hydrogen (secondary N) is 1. The molecular formula is C10H12ClN5. The topological polar surface area (TPSA) is 55.6 Å². The van der Waals surface area contributed by atoms with E-state index < -0.39 is 0 Å². The Labute approximate surface area is 98.4 Å². The molecule has 0 unspecified atom stereocenters. The average Bonchev–Trinajstić information content (AvgIpc) is 2.79. The fourth-order valence-corrected chi connectivity index (χ4v) is 1.44. The number of hydrogen-bond donors (Lipinski definition) is 1. The summed E-state index contributed by atoms with van der Waals surface area (Å²) in [5.74, 6) is 1.26. The monoisotopic (exact) mass is 237 g/mol. The van der Waals surface area contributed by atoms with Gasteiger partial charge in [0.2, 0.25) is 5.95 Å². The maximum atomic E-state index is 5.60. The highest BCUT2D eigenvalue weighted by Crippen LogP contribution is 2.10. The van der Waals surface area contributed by atoms with E-state index in [1.165, 1.54) is 0 Å². The van der Waals surface area contributed by atoms with Crippen molar-refractivity contribution in [1.29, 1.82) is 0 Å². The summed E-state index contributed by atoms with van der Waals surface area (Å²) in [6.07, 6.45) is 0.878. The van der Waals surface area contributed by atoms with Crippen molar-refractivity contribution in [1.82, 2.24) is 20.2 Å². The zero-order valence-corrected chi connectivity index (χ0v) is 9.43. The minimum atomic E-state index is 0.625. The maximum absolute atomic E-state index is 5.60. The van der Waals surface area contributed by atoms with Gasteiger partial charge in [0.1, 0.15) is 0 Å². The number of aromatic nitrogens is 4. The van der Waals surface area contributed by atoms with Gasteiger partial charge in [-0.05, 0) is 29.0 Å². The van der Waals surface area contributed by atoms with Gasteiger partial charge >= 0.3 is 0 Å². The quantitative estimate of drug-likeness (QED) is 0.635. The molecule has 0 saturated carbocycles. The van der Waals surface area contributed by atoms with Crippen LogP contribution < -0.4 is 5.32 Å². The van der Waals surface area contributed by atoms with Crippen molar-refractivity contribution in [2.75, 3.05) is 17.7 Å². The van der Waals surface area contributed by atoms with Gasteiger partial charge in [-0.3, -0.25) is 0 Å². The molecule has 0 radical (unpaired) electrons. The SMILES string of the molecule is ClCCCNc1nnnn1-c1ccccc1. The summed E-state index contributed by atoms with van der Waals surface area (Å²) in [5.41, 5.74) is 0.931. The van der Waals surface area contributed by atoms with Crippen LogP contribution in [0, 0.1) is 0 Å². The van der Waals surface area contributed by atoms with E-state index in [-0.39, 0.29) is 0 Å². The number of anilines is 1. The molecule has 1 aromatic heterocycles. The number of tetrazole rings is 1. The average molecular weight is 238 g/mol. The van der Waals surface area contributed by atoms with E-state index in [4.69, 9.17) is 11.6 Å². The van der Waals surface area contributed by atoms with Crippen molar-refractivity contribution >= 4 is 17.5 Å². The predicted molar refractivity (Wildman–Crippen MR) is 63.0 cm³/mol. The third-order valence-electron chi connectivity index (χ3n) is 2.06. The summed E-state index contributed by atoms with van der Waals surface area (Å²) in [6, 6.07) is 9.74. The largest absolute Gasteiger partial charge is 0.353 e. The number of hydrogen-bond acceptors (Lipinski definition) is 4. The zero-order valence-electron chi connectivity index (χ0n) is 8.67. The van der Waals surface area contributed by atoms with Gasteiger partial charge in [-0.2, -0.15) is 4.68 Å².